The summed E-state index contributed by atoms with van der Waals surface area (Å²) in [6, 6.07) is 7.56. The van der Waals surface area contributed by atoms with Crippen LogP contribution in [0.5, 0.6) is 5.75 Å². The van der Waals surface area contributed by atoms with E-state index in [2.05, 4.69) is 10.1 Å². The lowest BCUT2D eigenvalue weighted by atomic mass is 10.1. The molecule has 2 rings (SSSR count). The van der Waals surface area contributed by atoms with Gasteiger partial charge in [0.15, 0.2) is 0 Å². The predicted molar refractivity (Wildman–Crippen MR) is 60.1 cm³/mol. The fourth-order valence-corrected chi connectivity index (χ4v) is 1.48. The van der Waals surface area contributed by atoms with Crippen molar-refractivity contribution in [2.24, 2.45) is 0 Å². The Morgan fingerprint density at radius 3 is 2.82 bits per heavy atom. The minimum absolute atomic E-state index is 0.106. The van der Waals surface area contributed by atoms with E-state index in [1.807, 2.05) is 24.3 Å². The molecule has 0 spiro atoms. The molecule has 1 heterocycles. The number of methoxy groups -OCH3 is 1. The van der Waals surface area contributed by atoms with Crippen molar-refractivity contribution < 1.29 is 14.1 Å². The van der Waals surface area contributed by atoms with Gasteiger partial charge in [-0.25, -0.2) is 0 Å². The van der Waals surface area contributed by atoms with E-state index in [9.17, 15) is 4.79 Å². The second-order valence-electron chi connectivity index (χ2n) is 3.56. The van der Waals surface area contributed by atoms with Crippen LogP contribution >= 0.6 is 0 Å². The molecule has 0 aliphatic carbocycles. The van der Waals surface area contributed by atoms with Crippen LogP contribution in [0.3, 0.4) is 0 Å². The van der Waals surface area contributed by atoms with Crippen molar-refractivity contribution in [2.45, 2.75) is 13.3 Å². The molecule has 17 heavy (non-hydrogen) atoms. The topological polar surface area (TPSA) is 65.2 Å². The summed E-state index contributed by atoms with van der Waals surface area (Å²) < 4.78 is 10.2. The van der Waals surface area contributed by atoms with E-state index in [-0.39, 0.29) is 11.6 Å². The molecule has 0 saturated carbocycles. The fourth-order valence-electron chi connectivity index (χ4n) is 1.48. The van der Waals surface area contributed by atoms with Crippen molar-refractivity contribution in [3.05, 3.63) is 41.5 Å². The Kier molecular flexibility index (Phi) is 3.18. The third-order valence-corrected chi connectivity index (χ3v) is 2.32. The van der Waals surface area contributed by atoms with Gasteiger partial charge in [0.1, 0.15) is 5.75 Å². The van der Waals surface area contributed by atoms with Crippen LogP contribution in [0.25, 0.3) is 0 Å². The Bertz CT molecular complexity index is 534. The Hall–Kier alpha value is -2.17. The fraction of sp³-hybridized carbons (Fsp3) is 0.250. The maximum atomic E-state index is 11.0. The predicted octanol–water partition coefficient (Wildman–Crippen LogP) is 1.87. The number of ketones is 1. The van der Waals surface area contributed by atoms with Crippen molar-refractivity contribution in [2.75, 3.05) is 7.11 Å². The van der Waals surface area contributed by atoms with Gasteiger partial charge in [0.2, 0.25) is 17.5 Å². The molecule has 0 atom stereocenters. The van der Waals surface area contributed by atoms with Crippen LogP contribution in [-0.4, -0.2) is 23.0 Å². The highest BCUT2D eigenvalue weighted by Gasteiger charge is 2.12. The summed E-state index contributed by atoms with van der Waals surface area (Å²) in [4.78, 5) is 15.0. The SMILES string of the molecule is COc1ccccc1Cc1nc(C(C)=O)no1. The van der Waals surface area contributed by atoms with Crippen LogP contribution in [0.2, 0.25) is 0 Å². The van der Waals surface area contributed by atoms with E-state index < -0.39 is 0 Å². The average molecular weight is 232 g/mol. The summed E-state index contributed by atoms with van der Waals surface area (Å²) in [5.41, 5.74) is 0.939. The van der Waals surface area contributed by atoms with Gasteiger partial charge >= 0.3 is 0 Å². The third-order valence-electron chi connectivity index (χ3n) is 2.32. The molecule has 0 saturated heterocycles. The van der Waals surface area contributed by atoms with E-state index in [0.29, 0.717) is 12.3 Å². The zero-order valence-electron chi connectivity index (χ0n) is 9.64. The number of benzene rings is 1. The number of carbonyl (C=O) groups excluding carboxylic acids is 1. The molecule has 0 aliphatic heterocycles. The van der Waals surface area contributed by atoms with Gasteiger partial charge in [0.25, 0.3) is 0 Å². The van der Waals surface area contributed by atoms with E-state index in [0.717, 1.165) is 11.3 Å². The van der Waals surface area contributed by atoms with Gasteiger partial charge in [-0.05, 0) is 6.07 Å². The van der Waals surface area contributed by atoms with Crippen LogP contribution in [0.1, 0.15) is 29.0 Å². The first-order valence-corrected chi connectivity index (χ1v) is 5.16. The minimum Gasteiger partial charge on any atom is -0.496 e. The molecule has 0 bridgehead atoms. The number of hydrogen-bond donors (Lipinski definition) is 0. The van der Waals surface area contributed by atoms with Crippen molar-refractivity contribution in [3.8, 4) is 5.75 Å². The van der Waals surface area contributed by atoms with Crippen molar-refractivity contribution in [1.29, 1.82) is 0 Å². The van der Waals surface area contributed by atoms with Crippen molar-refractivity contribution in [1.82, 2.24) is 10.1 Å². The number of aromatic nitrogens is 2. The first-order valence-electron chi connectivity index (χ1n) is 5.16. The maximum absolute atomic E-state index is 11.0. The maximum Gasteiger partial charge on any atom is 0.238 e. The van der Waals surface area contributed by atoms with E-state index in [1.54, 1.807) is 7.11 Å². The van der Waals surface area contributed by atoms with E-state index in [4.69, 9.17) is 9.26 Å². The van der Waals surface area contributed by atoms with Crippen LogP contribution in [-0.2, 0) is 6.42 Å². The Labute approximate surface area is 98.4 Å². The highest BCUT2D eigenvalue weighted by Crippen LogP contribution is 2.20. The number of nitrogens with zero attached hydrogens (tertiary/aromatic N) is 2. The molecule has 1 aromatic carbocycles. The van der Waals surface area contributed by atoms with Gasteiger partial charge in [0.05, 0.1) is 13.5 Å². The molecular formula is C12H12N2O3. The highest BCUT2D eigenvalue weighted by atomic mass is 16.5. The Balaban J connectivity index is 2.22. The number of rotatable bonds is 4. The van der Waals surface area contributed by atoms with Crippen LogP contribution in [0, 0.1) is 0 Å². The lowest BCUT2D eigenvalue weighted by Crippen LogP contribution is -1.96. The van der Waals surface area contributed by atoms with Crippen molar-refractivity contribution >= 4 is 5.78 Å². The molecule has 1 aromatic heterocycles. The smallest absolute Gasteiger partial charge is 0.238 e. The van der Waals surface area contributed by atoms with E-state index >= 15 is 0 Å². The molecule has 5 heteroatoms. The van der Waals surface area contributed by atoms with Crippen LogP contribution < -0.4 is 4.74 Å². The quantitative estimate of drug-likeness (QED) is 0.753. The molecule has 0 aliphatic rings. The highest BCUT2D eigenvalue weighted by molar-refractivity contribution is 5.89. The lowest BCUT2D eigenvalue weighted by Gasteiger charge is -2.04. The van der Waals surface area contributed by atoms with Gasteiger partial charge in [-0.3, -0.25) is 4.79 Å². The Morgan fingerprint density at radius 1 is 1.41 bits per heavy atom. The first kappa shape index (κ1) is 11.3. The molecule has 0 N–H and O–H groups in total. The summed E-state index contributed by atoms with van der Waals surface area (Å²) in [5.74, 6) is 1.06. The second kappa shape index (κ2) is 4.78. The normalized spacial score (nSPS) is 10.2. The standard InChI is InChI=1S/C12H12N2O3/c1-8(15)12-13-11(17-14-12)7-9-5-3-4-6-10(9)16-2/h3-6H,7H2,1-2H3. The lowest BCUT2D eigenvalue weighted by molar-refractivity contribution is 0.100. The molecule has 0 unspecified atom stereocenters. The number of ether oxygens (including phenoxy) is 1. The summed E-state index contributed by atoms with van der Waals surface area (Å²) in [6.45, 7) is 1.40. The van der Waals surface area contributed by atoms with Crippen molar-refractivity contribution in [3.63, 3.8) is 0 Å². The summed E-state index contributed by atoms with van der Waals surface area (Å²) in [7, 11) is 1.60. The van der Waals surface area contributed by atoms with Gasteiger partial charge in [0, 0.05) is 12.5 Å². The number of Topliss-reactive ketones (excluding diaryl/α,β-unsaturated/α-hetero) is 1. The largest absolute Gasteiger partial charge is 0.496 e. The van der Waals surface area contributed by atoms with Crippen LogP contribution in [0.15, 0.2) is 28.8 Å². The third kappa shape index (κ3) is 2.50. The molecule has 0 fully saturated rings. The number of para-hydroxylation sites is 1. The molecular weight excluding hydrogens is 220 g/mol. The average Bonchev–Trinajstić information content (AvgIpc) is 2.78. The zero-order valence-corrected chi connectivity index (χ0v) is 9.64. The monoisotopic (exact) mass is 232 g/mol. The van der Waals surface area contributed by atoms with Gasteiger partial charge < -0.3 is 9.26 Å². The van der Waals surface area contributed by atoms with E-state index in [1.165, 1.54) is 6.92 Å². The Morgan fingerprint density at radius 2 is 2.18 bits per heavy atom. The van der Waals surface area contributed by atoms with Crippen LogP contribution in [0.4, 0.5) is 0 Å². The molecule has 2 aromatic rings. The minimum atomic E-state index is -0.208. The second-order valence-corrected chi connectivity index (χ2v) is 3.56. The summed E-state index contributed by atoms with van der Waals surface area (Å²) in [6.07, 6.45) is 0.449. The number of hydrogen-bond acceptors (Lipinski definition) is 5. The van der Waals surface area contributed by atoms with Gasteiger partial charge in [-0.2, -0.15) is 4.98 Å². The summed E-state index contributed by atoms with van der Waals surface area (Å²) >= 11 is 0. The zero-order chi connectivity index (χ0) is 12.3. The van der Waals surface area contributed by atoms with Gasteiger partial charge in [-0.1, -0.05) is 23.4 Å². The summed E-state index contributed by atoms with van der Waals surface area (Å²) in [5, 5.41) is 3.59. The molecule has 0 amide bonds. The van der Waals surface area contributed by atoms with Gasteiger partial charge in [-0.15, -0.1) is 0 Å². The number of carbonyl (C=O) groups is 1. The first-order chi connectivity index (χ1) is 8.20. The molecule has 5 nitrogen and oxygen atoms in total. The molecule has 0 radical (unpaired) electrons. The molecule has 88 valence electrons.